The van der Waals surface area contributed by atoms with Gasteiger partial charge in [-0.1, -0.05) is 49.4 Å². The number of carbonyl (C=O) groups excluding carboxylic acids is 1. The lowest BCUT2D eigenvalue weighted by atomic mass is 10.1. The van der Waals surface area contributed by atoms with Gasteiger partial charge in [-0.25, -0.2) is 4.68 Å². The van der Waals surface area contributed by atoms with Crippen molar-refractivity contribution in [2.75, 3.05) is 5.32 Å². The molecule has 1 heterocycles. The number of para-hydroxylation sites is 1. The van der Waals surface area contributed by atoms with Gasteiger partial charge in [0.15, 0.2) is 5.69 Å². The van der Waals surface area contributed by atoms with E-state index in [0.29, 0.717) is 5.69 Å². The summed E-state index contributed by atoms with van der Waals surface area (Å²) in [7, 11) is 0. The van der Waals surface area contributed by atoms with Crippen molar-refractivity contribution in [2.45, 2.75) is 40.5 Å². The highest BCUT2D eigenvalue weighted by atomic mass is 16.2. The minimum absolute atomic E-state index is 0.233. The smallest absolute Gasteiger partial charge is 0.278 e. The number of hydrogen-bond acceptors (Lipinski definition) is 3. The van der Waals surface area contributed by atoms with Crippen LogP contribution < -0.4 is 5.32 Å². The molecule has 3 aromatic rings. The molecule has 1 N–H and O–H groups in total. The van der Waals surface area contributed by atoms with Crippen LogP contribution in [0.15, 0.2) is 42.5 Å². The number of aromatic nitrogens is 3. The van der Waals surface area contributed by atoms with Crippen LogP contribution >= 0.6 is 0 Å². The summed E-state index contributed by atoms with van der Waals surface area (Å²) in [5.41, 5.74) is 6.23. The molecule has 0 aliphatic heterocycles. The normalized spacial score (nSPS) is 10.8. The van der Waals surface area contributed by atoms with Crippen LogP contribution in [0.25, 0.3) is 5.69 Å². The first kappa shape index (κ1) is 17.9. The summed E-state index contributed by atoms with van der Waals surface area (Å²) in [5.74, 6) is -0.233. The Morgan fingerprint density at radius 2 is 1.77 bits per heavy atom. The fourth-order valence-electron chi connectivity index (χ4n) is 3.03. The number of aryl methyl sites for hydroxylation is 3. The number of benzene rings is 2. The number of carbonyl (C=O) groups is 1. The molecule has 0 aliphatic carbocycles. The van der Waals surface area contributed by atoms with E-state index in [0.717, 1.165) is 41.0 Å². The van der Waals surface area contributed by atoms with Crippen molar-refractivity contribution in [3.05, 3.63) is 70.5 Å². The zero-order chi connectivity index (χ0) is 18.7. The molecule has 0 fully saturated rings. The van der Waals surface area contributed by atoms with Gasteiger partial charge in [-0.05, 0) is 55.5 Å². The van der Waals surface area contributed by atoms with E-state index in [1.165, 1.54) is 5.56 Å². The summed E-state index contributed by atoms with van der Waals surface area (Å²) < 4.78 is 1.70. The number of rotatable bonds is 5. The Balaban J connectivity index is 1.89. The molecule has 0 bridgehead atoms. The van der Waals surface area contributed by atoms with Crippen molar-refractivity contribution >= 4 is 11.6 Å². The van der Waals surface area contributed by atoms with Gasteiger partial charge < -0.3 is 5.32 Å². The summed E-state index contributed by atoms with van der Waals surface area (Å²) in [6, 6.07) is 14.2. The first-order valence-electron chi connectivity index (χ1n) is 8.96. The molecule has 3 rings (SSSR count). The van der Waals surface area contributed by atoms with Crippen molar-refractivity contribution < 1.29 is 4.79 Å². The quantitative estimate of drug-likeness (QED) is 0.749. The molecular formula is C21H24N4O. The van der Waals surface area contributed by atoms with E-state index in [-0.39, 0.29) is 5.91 Å². The standard InChI is InChI=1S/C21H24N4O/c1-5-16-10-12-18(13-11-16)25-15(4)20(23-24-25)21(26)22-19-14(3)8-7-9-17(19)6-2/h7-13H,5-6H2,1-4H3,(H,22,26). The minimum atomic E-state index is -0.233. The molecule has 26 heavy (non-hydrogen) atoms. The molecule has 0 saturated carbocycles. The van der Waals surface area contributed by atoms with Crippen LogP contribution in [-0.4, -0.2) is 20.9 Å². The fourth-order valence-corrected chi connectivity index (χ4v) is 3.03. The van der Waals surface area contributed by atoms with Gasteiger partial charge in [-0.3, -0.25) is 4.79 Å². The average molecular weight is 348 g/mol. The van der Waals surface area contributed by atoms with Crippen molar-refractivity contribution in [3.63, 3.8) is 0 Å². The zero-order valence-corrected chi connectivity index (χ0v) is 15.7. The third-order valence-electron chi connectivity index (χ3n) is 4.68. The predicted molar refractivity (Wildman–Crippen MR) is 104 cm³/mol. The summed E-state index contributed by atoms with van der Waals surface area (Å²) >= 11 is 0. The van der Waals surface area contributed by atoms with E-state index >= 15 is 0 Å². The molecule has 0 atom stereocenters. The van der Waals surface area contributed by atoms with E-state index in [9.17, 15) is 4.79 Å². The average Bonchev–Trinajstić information content (AvgIpc) is 3.05. The van der Waals surface area contributed by atoms with E-state index in [2.05, 4.69) is 41.6 Å². The topological polar surface area (TPSA) is 59.8 Å². The maximum Gasteiger partial charge on any atom is 0.278 e. The second-order valence-corrected chi connectivity index (χ2v) is 6.37. The second-order valence-electron chi connectivity index (χ2n) is 6.37. The van der Waals surface area contributed by atoms with Gasteiger partial charge in [-0.15, -0.1) is 5.10 Å². The van der Waals surface area contributed by atoms with Gasteiger partial charge in [0.25, 0.3) is 5.91 Å². The molecule has 0 spiro atoms. The second kappa shape index (κ2) is 7.52. The molecule has 0 unspecified atom stereocenters. The van der Waals surface area contributed by atoms with Crippen molar-refractivity contribution in [1.82, 2.24) is 15.0 Å². The van der Waals surface area contributed by atoms with Gasteiger partial charge >= 0.3 is 0 Å². The first-order chi connectivity index (χ1) is 12.5. The van der Waals surface area contributed by atoms with Crippen molar-refractivity contribution in [2.24, 2.45) is 0 Å². The molecule has 0 aliphatic rings. The third-order valence-corrected chi connectivity index (χ3v) is 4.68. The lowest BCUT2D eigenvalue weighted by Gasteiger charge is -2.12. The molecule has 134 valence electrons. The Bertz CT molecular complexity index is 926. The molecule has 0 saturated heterocycles. The van der Waals surface area contributed by atoms with E-state index in [4.69, 9.17) is 0 Å². The Labute approximate surface area is 154 Å². The lowest BCUT2D eigenvalue weighted by molar-refractivity contribution is 0.102. The lowest BCUT2D eigenvalue weighted by Crippen LogP contribution is -2.16. The van der Waals surface area contributed by atoms with E-state index in [1.54, 1.807) is 4.68 Å². The maximum atomic E-state index is 12.8. The van der Waals surface area contributed by atoms with E-state index < -0.39 is 0 Å². The number of anilines is 1. The third kappa shape index (κ3) is 3.38. The first-order valence-corrected chi connectivity index (χ1v) is 8.96. The monoisotopic (exact) mass is 348 g/mol. The van der Waals surface area contributed by atoms with E-state index in [1.807, 2.05) is 44.2 Å². The Kier molecular flexibility index (Phi) is 5.16. The van der Waals surface area contributed by atoms with Gasteiger partial charge in [0, 0.05) is 5.69 Å². The summed E-state index contributed by atoms with van der Waals surface area (Å²) in [5, 5.41) is 11.3. The molecular weight excluding hydrogens is 324 g/mol. The van der Waals surface area contributed by atoms with Crippen LogP contribution in [0.3, 0.4) is 0 Å². The molecule has 0 radical (unpaired) electrons. The molecule has 5 heteroatoms. The largest absolute Gasteiger partial charge is 0.320 e. The van der Waals surface area contributed by atoms with Gasteiger partial charge in [-0.2, -0.15) is 0 Å². The molecule has 1 amide bonds. The maximum absolute atomic E-state index is 12.8. The minimum Gasteiger partial charge on any atom is -0.320 e. The van der Waals surface area contributed by atoms with Crippen molar-refractivity contribution in [1.29, 1.82) is 0 Å². The fraction of sp³-hybridized carbons (Fsp3) is 0.286. The number of nitrogens with one attached hydrogen (secondary N) is 1. The SMILES string of the molecule is CCc1ccc(-n2nnc(C(=O)Nc3c(C)cccc3CC)c2C)cc1. The molecule has 2 aromatic carbocycles. The molecule has 1 aromatic heterocycles. The van der Waals surface area contributed by atoms with Crippen LogP contribution in [0, 0.1) is 13.8 Å². The predicted octanol–water partition coefficient (Wildman–Crippen LogP) is 4.26. The van der Waals surface area contributed by atoms with Gasteiger partial charge in [0.2, 0.25) is 0 Å². The highest BCUT2D eigenvalue weighted by Crippen LogP contribution is 2.22. The number of nitrogens with zero attached hydrogens (tertiary/aromatic N) is 3. The van der Waals surface area contributed by atoms with Crippen LogP contribution in [0.5, 0.6) is 0 Å². The molecule has 5 nitrogen and oxygen atoms in total. The number of hydrogen-bond donors (Lipinski definition) is 1. The zero-order valence-electron chi connectivity index (χ0n) is 15.7. The van der Waals surface area contributed by atoms with Gasteiger partial charge in [0.1, 0.15) is 0 Å². The number of amides is 1. The van der Waals surface area contributed by atoms with Crippen LogP contribution in [0.1, 0.15) is 46.7 Å². The Morgan fingerprint density at radius 1 is 1.04 bits per heavy atom. The van der Waals surface area contributed by atoms with Gasteiger partial charge in [0.05, 0.1) is 11.4 Å². The Hall–Kier alpha value is -2.95. The van der Waals surface area contributed by atoms with Crippen LogP contribution in [-0.2, 0) is 12.8 Å². The summed E-state index contributed by atoms with van der Waals surface area (Å²) in [6.45, 7) is 8.05. The summed E-state index contributed by atoms with van der Waals surface area (Å²) in [4.78, 5) is 12.8. The summed E-state index contributed by atoms with van der Waals surface area (Å²) in [6.07, 6.45) is 1.84. The Morgan fingerprint density at radius 3 is 2.42 bits per heavy atom. The van der Waals surface area contributed by atoms with Crippen LogP contribution in [0.2, 0.25) is 0 Å². The highest BCUT2D eigenvalue weighted by molar-refractivity contribution is 6.04. The van der Waals surface area contributed by atoms with Crippen LogP contribution in [0.4, 0.5) is 5.69 Å². The van der Waals surface area contributed by atoms with Crippen molar-refractivity contribution in [3.8, 4) is 5.69 Å². The highest BCUT2D eigenvalue weighted by Gasteiger charge is 2.19.